The minimum absolute atomic E-state index is 0.232. The van der Waals surface area contributed by atoms with E-state index in [0.717, 1.165) is 32.4 Å². The fraction of sp³-hybridized carbons (Fsp3) is 0.909. The lowest BCUT2D eigenvalue weighted by Gasteiger charge is -2.20. The van der Waals surface area contributed by atoms with Gasteiger partial charge in [-0.25, -0.2) is 0 Å². The summed E-state index contributed by atoms with van der Waals surface area (Å²) in [4.78, 5) is 14.0. The highest BCUT2D eigenvalue weighted by molar-refractivity contribution is 5.79. The van der Waals surface area contributed by atoms with Crippen LogP contribution in [0.2, 0.25) is 0 Å². The highest BCUT2D eigenvalue weighted by Gasteiger charge is 2.33. The zero-order chi connectivity index (χ0) is 10.1. The van der Waals surface area contributed by atoms with Crippen molar-refractivity contribution >= 4 is 5.91 Å². The fourth-order valence-corrected chi connectivity index (χ4v) is 2.63. The van der Waals surface area contributed by atoms with Crippen molar-refractivity contribution in [3.05, 3.63) is 0 Å². The summed E-state index contributed by atoms with van der Waals surface area (Å²) >= 11 is 0. The van der Waals surface area contributed by atoms with Crippen LogP contribution in [0, 0.1) is 11.8 Å². The molecule has 1 heterocycles. The molecule has 3 atom stereocenters. The van der Waals surface area contributed by atoms with E-state index in [0.29, 0.717) is 11.8 Å². The van der Waals surface area contributed by atoms with Gasteiger partial charge >= 0.3 is 0 Å². The Balaban J connectivity index is 1.89. The predicted octanol–water partition coefficient (Wildman–Crippen LogP) is 0.982. The molecule has 0 spiro atoms. The average molecular weight is 196 g/mol. The van der Waals surface area contributed by atoms with E-state index in [2.05, 4.69) is 6.92 Å². The van der Waals surface area contributed by atoms with Crippen molar-refractivity contribution in [1.29, 1.82) is 0 Å². The third-order valence-corrected chi connectivity index (χ3v) is 3.56. The normalized spacial score (nSPS) is 37.9. The van der Waals surface area contributed by atoms with Crippen LogP contribution in [-0.2, 0) is 4.79 Å². The van der Waals surface area contributed by atoms with Gasteiger partial charge in [-0.2, -0.15) is 0 Å². The first kappa shape index (κ1) is 9.97. The fourth-order valence-electron chi connectivity index (χ4n) is 2.63. The Morgan fingerprint density at radius 2 is 2.14 bits per heavy atom. The molecule has 1 aliphatic heterocycles. The first-order chi connectivity index (χ1) is 6.66. The lowest BCUT2D eigenvalue weighted by atomic mass is 10.1. The molecule has 2 N–H and O–H groups in total. The molecule has 2 aliphatic rings. The Morgan fingerprint density at radius 1 is 1.36 bits per heavy atom. The number of nitrogens with two attached hydrogens (primary N) is 1. The topological polar surface area (TPSA) is 46.3 Å². The van der Waals surface area contributed by atoms with Crippen LogP contribution in [0.4, 0.5) is 0 Å². The summed E-state index contributed by atoms with van der Waals surface area (Å²) in [6.07, 6.45) is 4.11. The Hall–Kier alpha value is -0.570. The van der Waals surface area contributed by atoms with Gasteiger partial charge in [0.1, 0.15) is 0 Å². The number of hydrogen-bond donors (Lipinski definition) is 1. The summed E-state index contributed by atoms with van der Waals surface area (Å²) in [5.41, 5.74) is 5.82. The maximum absolute atomic E-state index is 12.0. The van der Waals surface area contributed by atoms with Crippen LogP contribution in [0.25, 0.3) is 0 Å². The Kier molecular flexibility index (Phi) is 2.77. The van der Waals surface area contributed by atoms with E-state index in [1.807, 2.05) is 4.90 Å². The zero-order valence-corrected chi connectivity index (χ0v) is 8.91. The molecule has 3 heteroatoms. The molecule has 14 heavy (non-hydrogen) atoms. The van der Waals surface area contributed by atoms with Gasteiger partial charge in [0.15, 0.2) is 0 Å². The Bertz CT molecular complexity index is 207. The van der Waals surface area contributed by atoms with Crippen LogP contribution in [-0.4, -0.2) is 29.9 Å². The van der Waals surface area contributed by atoms with Gasteiger partial charge in [0, 0.05) is 25.0 Å². The third kappa shape index (κ3) is 1.92. The van der Waals surface area contributed by atoms with Crippen molar-refractivity contribution in [3.63, 3.8) is 0 Å². The Morgan fingerprint density at radius 3 is 2.64 bits per heavy atom. The summed E-state index contributed by atoms with van der Waals surface area (Å²) in [7, 11) is 0. The molecular formula is C11H20N2O. The summed E-state index contributed by atoms with van der Waals surface area (Å²) in [6.45, 7) is 4.14. The Labute approximate surface area is 85.6 Å². The quantitative estimate of drug-likeness (QED) is 0.679. The molecule has 1 aliphatic carbocycles. The lowest BCUT2D eigenvalue weighted by Crippen LogP contribution is -2.34. The van der Waals surface area contributed by atoms with Crippen molar-refractivity contribution in [2.24, 2.45) is 17.6 Å². The number of amides is 1. The van der Waals surface area contributed by atoms with E-state index < -0.39 is 0 Å². The number of rotatable bonds is 1. The van der Waals surface area contributed by atoms with Crippen LogP contribution in [0.1, 0.15) is 32.6 Å². The smallest absolute Gasteiger partial charge is 0.225 e. The molecule has 2 rings (SSSR count). The molecule has 3 nitrogen and oxygen atoms in total. The molecule has 1 saturated carbocycles. The van der Waals surface area contributed by atoms with Crippen LogP contribution in [0.5, 0.6) is 0 Å². The predicted molar refractivity (Wildman–Crippen MR) is 55.7 cm³/mol. The van der Waals surface area contributed by atoms with Crippen LogP contribution in [0.3, 0.4) is 0 Å². The molecule has 0 aromatic carbocycles. The maximum Gasteiger partial charge on any atom is 0.225 e. The second-order valence-electron chi connectivity index (χ2n) is 4.95. The molecule has 3 unspecified atom stereocenters. The number of carbonyl (C=O) groups is 1. The van der Waals surface area contributed by atoms with Crippen molar-refractivity contribution in [2.45, 2.75) is 38.6 Å². The van der Waals surface area contributed by atoms with E-state index in [4.69, 9.17) is 5.73 Å². The molecule has 2 fully saturated rings. The second-order valence-corrected chi connectivity index (χ2v) is 4.95. The van der Waals surface area contributed by atoms with Gasteiger partial charge in [0.2, 0.25) is 5.91 Å². The van der Waals surface area contributed by atoms with Crippen LogP contribution < -0.4 is 5.73 Å². The molecule has 1 saturated heterocycles. The van der Waals surface area contributed by atoms with Gasteiger partial charge in [-0.05, 0) is 31.6 Å². The van der Waals surface area contributed by atoms with Crippen LogP contribution >= 0.6 is 0 Å². The van der Waals surface area contributed by atoms with E-state index in [9.17, 15) is 4.79 Å². The standard InChI is InChI=1S/C11H20N2O/c1-8-4-5-13(7-8)11(14)9-2-3-10(12)6-9/h8-10H,2-7,12H2,1H3. The van der Waals surface area contributed by atoms with Gasteiger partial charge in [-0.15, -0.1) is 0 Å². The largest absolute Gasteiger partial charge is 0.342 e. The minimum atomic E-state index is 0.232. The van der Waals surface area contributed by atoms with E-state index >= 15 is 0 Å². The molecule has 0 bridgehead atoms. The van der Waals surface area contributed by atoms with E-state index in [1.165, 1.54) is 6.42 Å². The zero-order valence-electron chi connectivity index (χ0n) is 8.91. The number of nitrogens with zero attached hydrogens (tertiary/aromatic N) is 1. The molecular weight excluding hydrogens is 176 g/mol. The minimum Gasteiger partial charge on any atom is -0.342 e. The number of likely N-dealkylation sites (tertiary alicyclic amines) is 1. The second kappa shape index (κ2) is 3.89. The molecule has 1 amide bonds. The number of carbonyl (C=O) groups excluding carboxylic acids is 1. The monoisotopic (exact) mass is 196 g/mol. The average Bonchev–Trinajstić information content (AvgIpc) is 2.73. The highest BCUT2D eigenvalue weighted by Crippen LogP contribution is 2.28. The molecule has 80 valence electrons. The molecule has 0 radical (unpaired) electrons. The summed E-state index contributed by atoms with van der Waals surface area (Å²) in [6, 6.07) is 0.268. The van der Waals surface area contributed by atoms with Crippen LogP contribution in [0.15, 0.2) is 0 Å². The SMILES string of the molecule is CC1CCN(C(=O)C2CCC(N)C2)C1. The number of hydrogen-bond acceptors (Lipinski definition) is 2. The van der Waals surface area contributed by atoms with Gasteiger partial charge in [-0.1, -0.05) is 6.92 Å². The summed E-state index contributed by atoms with van der Waals surface area (Å²) in [5, 5.41) is 0. The van der Waals surface area contributed by atoms with Gasteiger partial charge in [-0.3, -0.25) is 4.79 Å². The van der Waals surface area contributed by atoms with E-state index in [-0.39, 0.29) is 12.0 Å². The maximum atomic E-state index is 12.0. The van der Waals surface area contributed by atoms with Crippen molar-refractivity contribution in [2.75, 3.05) is 13.1 Å². The van der Waals surface area contributed by atoms with E-state index in [1.54, 1.807) is 0 Å². The van der Waals surface area contributed by atoms with Gasteiger partial charge in [0.25, 0.3) is 0 Å². The third-order valence-electron chi connectivity index (χ3n) is 3.56. The first-order valence-corrected chi connectivity index (χ1v) is 5.71. The summed E-state index contributed by atoms with van der Waals surface area (Å²) < 4.78 is 0. The van der Waals surface area contributed by atoms with Crippen molar-refractivity contribution < 1.29 is 4.79 Å². The van der Waals surface area contributed by atoms with Gasteiger partial charge < -0.3 is 10.6 Å². The molecule has 0 aromatic rings. The van der Waals surface area contributed by atoms with Crippen molar-refractivity contribution in [3.8, 4) is 0 Å². The lowest BCUT2D eigenvalue weighted by molar-refractivity contribution is -0.134. The molecule has 0 aromatic heterocycles. The first-order valence-electron chi connectivity index (χ1n) is 5.71. The highest BCUT2D eigenvalue weighted by atomic mass is 16.2. The van der Waals surface area contributed by atoms with Gasteiger partial charge in [0.05, 0.1) is 0 Å². The summed E-state index contributed by atoms with van der Waals surface area (Å²) in [5.74, 6) is 1.28. The van der Waals surface area contributed by atoms with Crippen molar-refractivity contribution in [1.82, 2.24) is 4.90 Å².